The van der Waals surface area contributed by atoms with Crippen LogP contribution in [0.5, 0.6) is 11.5 Å². The molecule has 32 heavy (non-hydrogen) atoms. The van der Waals surface area contributed by atoms with E-state index in [4.69, 9.17) is 13.3 Å². The SMILES string of the molecule is CCC(C)N(Cc1ccccc1OS(=O)(=O)c1ccc(OC)c(F)c1)C(=O)c1ccco1. The first-order chi connectivity index (χ1) is 15.3. The monoisotopic (exact) mass is 461 g/mol. The summed E-state index contributed by atoms with van der Waals surface area (Å²) in [6.45, 7) is 3.93. The lowest BCUT2D eigenvalue weighted by Crippen LogP contribution is -2.37. The maximum Gasteiger partial charge on any atom is 0.339 e. The average Bonchev–Trinajstić information content (AvgIpc) is 3.32. The lowest BCUT2D eigenvalue weighted by atomic mass is 10.1. The van der Waals surface area contributed by atoms with E-state index in [0.717, 1.165) is 6.07 Å². The van der Waals surface area contributed by atoms with Crippen LogP contribution in [0.4, 0.5) is 4.39 Å². The van der Waals surface area contributed by atoms with Gasteiger partial charge < -0.3 is 18.2 Å². The molecule has 1 heterocycles. The third-order valence-electron chi connectivity index (χ3n) is 5.04. The van der Waals surface area contributed by atoms with E-state index in [2.05, 4.69) is 0 Å². The minimum atomic E-state index is -4.33. The van der Waals surface area contributed by atoms with Crippen molar-refractivity contribution in [2.75, 3.05) is 7.11 Å². The van der Waals surface area contributed by atoms with Gasteiger partial charge in [-0.25, -0.2) is 4.39 Å². The average molecular weight is 462 g/mol. The van der Waals surface area contributed by atoms with Crippen molar-refractivity contribution < 1.29 is 30.9 Å². The van der Waals surface area contributed by atoms with Crippen LogP contribution in [0.1, 0.15) is 36.4 Å². The van der Waals surface area contributed by atoms with Crippen LogP contribution in [0.25, 0.3) is 0 Å². The molecule has 1 amide bonds. The van der Waals surface area contributed by atoms with E-state index in [1.54, 1.807) is 35.2 Å². The van der Waals surface area contributed by atoms with Crippen molar-refractivity contribution in [3.05, 3.63) is 78.0 Å². The fourth-order valence-electron chi connectivity index (χ4n) is 3.06. The first-order valence-electron chi connectivity index (χ1n) is 9.97. The van der Waals surface area contributed by atoms with Crippen molar-refractivity contribution in [2.24, 2.45) is 0 Å². The van der Waals surface area contributed by atoms with E-state index in [0.29, 0.717) is 12.0 Å². The second-order valence-corrected chi connectivity index (χ2v) is 8.66. The summed E-state index contributed by atoms with van der Waals surface area (Å²) in [5.41, 5.74) is 0.477. The molecule has 1 atom stereocenters. The van der Waals surface area contributed by atoms with Crippen molar-refractivity contribution in [1.82, 2.24) is 4.90 Å². The summed E-state index contributed by atoms with van der Waals surface area (Å²) < 4.78 is 55.0. The molecule has 7 nitrogen and oxygen atoms in total. The van der Waals surface area contributed by atoms with Crippen LogP contribution in [-0.2, 0) is 16.7 Å². The lowest BCUT2D eigenvalue weighted by molar-refractivity contribution is 0.0638. The van der Waals surface area contributed by atoms with E-state index < -0.39 is 15.9 Å². The minimum Gasteiger partial charge on any atom is -0.494 e. The first kappa shape index (κ1) is 23.3. The number of halogens is 1. The first-order valence-corrected chi connectivity index (χ1v) is 11.4. The summed E-state index contributed by atoms with van der Waals surface area (Å²) >= 11 is 0. The number of ether oxygens (including phenoxy) is 1. The maximum absolute atomic E-state index is 14.0. The standard InChI is InChI=1S/C23H24FNO6S/c1-4-16(2)25(23(26)22-10-7-13-30-22)15-17-8-5-6-9-20(17)31-32(27,28)18-11-12-21(29-3)19(24)14-18/h5-14,16H,4,15H2,1-3H3. The topological polar surface area (TPSA) is 86.0 Å². The Labute approximate surface area is 186 Å². The van der Waals surface area contributed by atoms with Gasteiger partial charge >= 0.3 is 10.1 Å². The number of amides is 1. The van der Waals surface area contributed by atoms with Crippen molar-refractivity contribution in [3.8, 4) is 11.5 Å². The largest absolute Gasteiger partial charge is 0.494 e. The van der Waals surface area contributed by atoms with Gasteiger partial charge in [-0.15, -0.1) is 0 Å². The van der Waals surface area contributed by atoms with Crippen molar-refractivity contribution in [1.29, 1.82) is 0 Å². The highest BCUT2D eigenvalue weighted by Crippen LogP contribution is 2.28. The molecule has 3 aromatic rings. The Morgan fingerprint density at radius 1 is 1.12 bits per heavy atom. The number of rotatable bonds is 9. The summed E-state index contributed by atoms with van der Waals surface area (Å²) in [4.78, 5) is 14.2. The molecule has 0 saturated carbocycles. The number of hydrogen-bond acceptors (Lipinski definition) is 6. The number of para-hydroxylation sites is 1. The molecule has 3 rings (SSSR count). The van der Waals surface area contributed by atoms with Gasteiger partial charge in [-0.1, -0.05) is 25.1 Å². The van der Waals surface area contributed by atoms with E-state index in [9.17, 15) is 17.6 Å². The summed E-state index contributed by atoms with van der Waals surface area (Å²) in [7, 11) is -3.04. The van der Waals surface area contributed by atoms with Crippen LogP contribution < -0.4 is 8.92 Å². The molecule has 0 aliphatic carbocycles. The van der Waals surface area contributed by atoms with Crippen molar-refractivity contribution in [2.45, 2.75) is 37.8 Å². The number of hydrogen-bond donors (Lipinski definition) is 0. The van der Waals surface area contributed by atoms with Gasteiger partial charge in [-0.2, -0.15) is 8.42 Å². The molecule has 0 radical (unpaired) electrons. The van der Waals surface area contributed by atoms with Gasteiger partial charge in [0.1, 0.15) is 10.6 Å². The quantitative estimate of drug-likeness (QED) is 0.432. The summed E-state index contributed by atoms with van der Waals surface area (Å²) in [5.74, 6) is -0.990. The molecule has 1 aromatic heterocycles. The molecule has 1 unspecified atom stereocenters. The molecule has 0 fully saturated rings. The van der Waals surface area contributed by atoms with Gasteiger partial charge in [-0.05, 0) is 49.7 Å². The predicted octanol–water partition coefficient (Wildman–Crippen LogP) is 4.64. The highest BCUT2D eigenvalue weighted by molar-refractivity contribution is 7.87. The molecule has 9 heteroatoms. The molecule has 0 spiro atoms. The molecule has 0 N–H and O–H groups in total. The summed E-state index contributed by atoms with van der Waals surface area (Å²) in [6.07, 6.45) is 2.10. The number of benzene rings is 2. The fraction of sp³-hybridized carbons (Fsp3) is 0.261. The van der Waals surface area contributed by atoms with E-state index in [1.807, 2.05) is 13.8 Å². The summed E-state index contributed by atoms with van der Waals surface area (Å²) in [6, 6.07) is 12.8. The second kappa shape index (κ2) is 9.86. The Morgan fingerprint density at radius 2 is 1.88 bits per heavy atom. The molecule has 0 saturated heterocycles. The van der Waals surface area contributed by atoms with Gasteiger partial charge in [0.15, 0.2) is 17.3 Å². The third kappa shape index (κ3) is 5.11. The summed E-state index contributed by atoms with van der Waals surface area (Å²) in [5, 5.41) is 0. The molecule has 0 bridgehead atoms. The van der Waals surface area contributed by atoms with Crippen molar-refractivity contribution in [3.63, 3.8) is 0 Å². The van der Waals surface area contributed by atoms with E-state index >= 15 is 0 Å². The lowest BCUT2D eigenvalue weighted by Gasteiger charge is -2.28. The van der Waals surface area contributed by atoms with Gasteiger partial charge in [0.05, 0.1) is 19.9 Å². The fourth-order valence-corrected chi connectivity index (χ4v) is 4.04. The molecular weight excluding hydrogens is 437 g/mol. The van der Waals surface area contributed by atoms with E-state index in [-0.39, 0.29) is 40.6 Å². The second-order valence-electron chi connectivity index (χ2n) is 7.11. The normalized spacial score (nSPS) is 12.2. The van der Waals surface area contributed by atoms with Gasteiger partial charge in [0, 0.05) is 11.6 Å². The molecule has 0 aliphatic rings. The molecular formula is C23H24FNO6S. The zero-order valence-corrected chi connectivity index (χ0v) is 18.8. The molecule has 2 aromatic carbocycles. The van der Waals surface area contributed by atoms with Crippen molar-refractivity contribution >= 4 is 16.0 Å². The molecule has 0 aliphatic heterocycles. The maximum atomic E-state index is 14.0. The zero-order valence-electron chi connectivity index (χ0n) is 17.9. The number of carbonyl (C=O) groups is 1. The Kier molecular flexibility index (Phi) is 7.19. The minimum absolute atomic E-state index is 0.0456. The Balaban J connectivity index is 1.90. The van der Waals surface area contributed by atoms with Gasteiger partial charge in [0.2, 0.25) is 0 Å². The Hall–Kier alpha value is -3.33. The Bertz CT molecular complexity index is 1180. The highest BCUT2D eigenvalue weighted by atomic mass is 32.2. The third-order valence-corrected chi connectivity index (χ3v) is 6.27. The van der Waals surface area contributed by atoms with E-state index in [1.165, 1.54) is 31.6 Å². The van der Waals surface area contributed by atoms with Crippen LogP contribution in [-0.4, -0.2) is 32.4 Å². The highest BCUT2D eigenvalue weighted by Gasteiger charge is 2.26. The number of furan rings is 1. The van der Waals surface area contributed by atoms with Crippen LogP contribution in [0.2, 0.25) is 0 Å². The van der Waals surface area contributed by atoms with Gasteiger partial charge in [-0.3, -0.25) is 4.79 Å². The van der Waals surface area contributed by atoms with Crippen LogP contribution >= 0.6 is 0 Å². The molecule has 170 valence electrons. The smallest absolute Gasteiger partial charge is 0.339 e. The number of nitrogens with zero attached hydrogens (tertiary/aromatic N) is 1. The van der Waals surface area contributed by atoms with Crippen LogP contribution in [0.3, 0.4) is 0 Å². The van der Waals surface area contributed by atoms with Crippen LogP contribution in [0.15, 0.2) is 70.2 Å². The Morgan fingerprint density at radius 3 is 2.50 bits per heavy atom. The number of carbonyl (C=O) groups excluding carboxylic acids is 1. The van der Waals surface area contributed by atoms with Crippen LogP contribution in [0, 0.1) is 5.82 Å². The van der Waals surface area contributed by atoms with Gasteiger partial charge in [0.25, 0.3) is 5.91 Å². The zero-order chi connectivity index (χ0) is 23.3. The number of methoxy groups -OCH3 is 1. The predicted molar refractivity (Wildman–Crippen MR) is 116 cm³/mol.